The van der Waals surface area contributed by atoms with Gasteiger partial charge in [0.05, 0.1) is 0 Å². The minimum Gasteiger partial charge on any atom is -0.492 e. The van der Waals surface area contributed by atoms with Crippen molar-refractivity contribution >= 4 is 10.0 Å². The van der Waals surface area contributed by atoms with Crippen LogP contribution >= 0.6 is 0 Å². The molecule has 0 unspecified atom stereocenters. The Hall–Kier alpha value is -1.86. The Balaban J connectivity index is 2.01. The van der Waals surface area contributed by atoms with Crippen molar-refractivity contribution in [2.45, 2.75) is 18.7 Å². The van der Waals surface area contributed by atoms with E-state index in [0.29, 0.717) is 17.2 Å². The van der Waals surface area contributed by atoms with E-state index in [4.69, 9.17) is 9.26 Å². The van der Waals surface area contributed by atoms with Crippen LogP contribution in [0.5, 0.6) is 5.75 Å². The first-order valence-electron chi connectivity index (χ1n) is 6.50. The summed E-state index contributed by atoms with van der Waals surface area (Å²) in [5, 5.41) is 3.68. The fraction of sp³-hybridized carbons (Fsp3) is 0.357. The van der Waals surface area contributed by atoms with Crippen LogP contribution in [0, 0.1) is 13.8 Å². The van der Waals surface area contributed by atoms with Gasteiger partial charge in [0.2, 0.25) is 10.0 Å². The van der Waals surface area contributed by atoms with Crippen molar-refractivity contribution in [1.29, 1.82) is 0 Å². The molecule has 7 heteroatoms. The van der Waals surface area contributed by atoms with Gasteiger partial charge in [0, 0.05) is 13.6 Å². The van der Waals surface area contributed by atoms with Crippen LogP contribution in [0.25, 0.3) is 0 Å². The van der Waals surface area contributed by atoms with E-state index in [0.717, 1.165) is 0 Å². The molecule has 1 aromatic heterocycles. The largest absolute Gasteiger partial charge is 0.492 e. The molecule has 1 heterocycles. The third-order valence-electron chi connectivity index (χ3n) is 3.05. The second-order valence-electron chi connectivity index (χ2n) is 4.64. The predicted octanol–water partition coefficient (Wildman–Crippen LogP) is 1.99. The number of sulfonamides is 1. The molecule has 2 aromatic rings. The number of aryl methyl sites for hydroxylation is 2. The average molecular weight is 310 g/mol. The van der Waals surface area contributed by atoms with Gasteiger partial charge >= 0.3 is 0 Å². The number of rotatable bonds is 6. The molecule has 0 bridgehead atoms. The third-order valence-corrected chi connectivity index (χ3v) is 5.16. The molecule has 21 heavy (non-hydrogen) atoms. The Bertz CT molecular complexity index is 676. The maximum Gasteiger partial charge on any atom is 0.248 e. The van der Waals surface area contributed by atoms with E-state index in [9.17, 15) is 8.42 Å². The Morgan fingerprint density at radius 2 is 1.90 bits per heavy atom. The van der Waals surface area contributed by atoms with E-state index < -0.39 is 10.0 Å². The summed E-state index contributed by atoms with van der Waals surface area (Å²) >= 11 is 0. The van der Waals surface area contributed by atoms with Gasteiger partial charge in [-0.15, -0.1) is 0 Å². The monoisotopic (exact) mass is 310 g/mol. The van der Waals surface area contributed by atoms with Crippen LogP contribution in [-0.4, -0.2) is 38.1 Å². The lowest BCUT2D eigenvalue weighted by Crippen LogP contribution is -2.31. The number of aromatic nitrogens is 1. The van der Waals surface area contributed by atoms with Crippen molar-refractivity contribution in [2.75, 3.05) is 20.2 Å². The van der Waals surface area contributed by atoms with E-state index in [1.54, 1.807) is 13.8 Å². The maximum atomic E-state index is 12.4. The summed E-state index contributed by atoms with van der Waals surface area (Å²) in [7, 11) is -2.10. The molecule has 0 saturated carbocycles. The van der Waals surface area contributed by atoms with Gasteiger partial charge in [0.1, 0.15) is 22.9 Å². The van der Waals surface area contributed by atoms with Crippen LogP contribution in [0.1, 0.15) is 11.5 Å². The van der Waals surface area contributed by atoms with Crippen molar-refractivity contribution in [3.8, 4) is 5.75 Å². The Morgan fingerprint density at radius 3 is 2.48 bits per heavy atom. The second-order valence-corrected chi connectivity index (χ2v) is 6.62. The average Bonchev–Trinajstić information content (AvgIpc) is 2.79. The van der Waals surface area contributed by atoms with E-state index in [-0.39, 0.29) is 18.0 Å². The molecule has 0 aliphatic carbocycles. The Labute approximate surface area is 124 Å². The van der Waals surface area contributed by atoms with Gasteiger partial charge in [-0.3, -0.25) is 0 Å². The fourth-order valence-electron chi connectivity index (χ4n) is 1.93. The predicted molar refractivity (Wildman–Crippen MR) is 77.7 cm³/mol. The molecule has 114 valence electrons. The Kier molecular flexibility index (Phi) is 4.64. The van der Waals surface area contributed by atoms with Crippen molar-refractivity contribution in [1.82, 2.24) is 9.46 Å². The van der Waals surface area contributed by atoms with Gasteiger partial charge in [-0.2, -0.15) is 4.31 Å². The lowest BCUT2D eigenvalue weighted by molar-refractivity contribution is 0.286. The second kappa shape index (κ2) is 6.28. The molecule has 0 spiro atoms. The quantitative estimate of drug-likeness (QED) is 0.816. The number of hydrogen-bond acceptors (Lipinski definition) is 5. The highest BCUT2D eigenvalue weighted by Crippen LogP contribution is 2.22. The molecular weight excluding hydrogens is 292 g/mol. The molecule has 2 rings (SSSR count). The van der Waals surface area contributed by atoms with Crippen LogP contribution in [0.15, 0.2) is 39.8 Å². The molecule has 0 atom stereocenters. The summed E-state index contributed by atoms with van der Waals surface area (Å²) in [5.41, 5.74) is 0.364. The summed E-state index contributed by atoms with van der Waals surface area (Å²) in [6.07, 6.45) is 0. The number of hydrogen-bond donors (Lipinski definition) is 0. The molecule has 6 nitrogen and oxygen atoms in total. The van der Waals surface area contributed by atoms with Crippen LogP contribution in [0.4, 0.5) is 0 Å². The zero-order chi connectivity index (χ0) is 15.5. The number of nitrogens with zero attached hydrogens (tertiary/aromatic N) is 2. The molecular formula is C14H18N2O4S. The van der Waals surface area contributed by atoms with Crippen molar-refractivity contribution < 1.29 is 17.7 Å². The van der Waals surface area contributed by atoms with E-state index in [2.05, 4.69) is 5.16 Å². The van der Waals surface area contributed by atoms with Crippen molar-refractivity contribution in [3.63, 3.8) is 0 Å². The first kappa shape index (κ1) is 15.5. The highest BCUT2D eigenvalue weighted by Gasteiger charge is 2.28. The van der Waals surface area contributed by atoms with Crippen LogP contribution in [0.3, 0.4) is 0 Å². The topological polar surface area (TPSA) is 72.6 Å². The summed E-state index contributed by atoms with van der Waals surface area (Å²) in [6, 6.07) is 9.26. The van der Waals surface area contributed by atoms with Gasteiger partial charge in [-0.1, -0.05) is 23.4 Å². The molecule has 1 aromatic carbocycles. The van der Waals surface area contributed by atoms with E-state index in [1.807, 2.05) is 30.3 Å². The van der Waals surface area contributed by atoms with E-state index in [1.165, 1.54) is 11.4 Å². The molecule has 0 fully saturated rings. The first-order valence-corrected chi connectivity index (χ1v) is 7.94. The molecule has 0 aliphatic heterocycles. The minimum absolute atomic E-state index is 0.129. The van der Waals surface area contributed by atoms with E-state index >= 15 is 0 Å². The summed E-state index contributed by atoms with van der Waals surface area (Å²) < 4.78 is 36.6. The Morgan fingerprint density at radius 1 is 1.24 bits per heavy atom. The normalized spacial score (nSPS) is 11.8. The van der Waals surface area contributed by atoms with Crippen molar-refractivity contribution in [3.05, 3.63) is 41.8 Å². The summed E-state index contributed by atoms with van der Waals surface area (Å²) in [4.78, 5) is 0.129. The smallest absolute Gasteiger partial charge is 0.248 e. The molecule has 0 aliphatic rings. The third kappa shape index (κ3) is 3.43. The molecule has 0 saturated heterocycles. The highest BCUT2D eigenvalue weighted by molar-refractivity contribution is 7.89. The lowest BCUT2D eigenvalue weighted by atomic mass is 10.3. The van der Waals surface area contributed by atoms with Gasteiger partial charge in [-0.25, -0.2) is 8.42 Å². The highest BCUT2D eigenvalue weighted by atomic mass is 32.2. The fourth-order valence-corrected chi connectivity index (χ4v) is 3.37. The maximum absolute atomic E-state index is 12.4. The number of para-hydroxylation sites is 1. The van der Waals surface area contributed by atoms with Gasteiger partial charge in [0.15, 0.2) is 5.76 Å². The van der Waals surface area contributed by atoms with Gasteiger partial charge < -0.3 is 9.26 Å². The molecule has 0 amide bonds. The SMILES string of the molecule is Cc1noc(C)c1S(=O)(=O)N(C)CCOc1ccccc1. The number of likely N-dealkylation sites (N-methyl/N-ethyl adjacent to an activating group) is 1. The van der Waals surface area contributed by atoms with Gasteiger partial charge in [-0.05, 0) is 26.0 Å². The molecule has 0 radical (unpaired) electrons. The van der Waals surface area contributed by atoms with Crippen molar-refractivity contribution in [2.24, 2.45) is 0 Å². The van der Waals surface area contributed by atoms with Crippen LogP contribution in [0.2, 0.25) is 0 Å². The number of ether oxygens (including phenoxy) is 1. The zero-order valence-electron chi connectivity index (χ0n) is 12.2. The number of benzene rings is 1. The standard InChI is InChI=1S/C14H18N2O4S/c1-11-14(12(2)20-15-11)21(17,18)16(3)9-10-19-13-7-5-4-6-8-13/h4-8H,9-10H2,1-3H3. The summed E-state index contributed by atoms with van der Waals surface area (Å²) in [6.45, 7) is 3.70. The first-order chi connectivity index (χ1) is 9.93. The van der Waals surface area contributed by atoms with Crippen LogP contribution in [-0.2, 0) is 10.0 Å². The minimum atomic E-state index is -3.61. The zero-order valence-corrected chi connectivity index (χ0v) is 13.1. The lowest BCUT2D eigenvalue weighted by Gasteiger charge is -2.17. The molecule has 0 N–H and O–H groups in total. The summed E-state index contributed by atoms with van der Waals surface area (Å²) in [5.74, 6) is 1.00. The van der Waals surface area contributed by atoms with Crippen LogP contribution < -0.4 is 4.74 Å². The van der Waals surface area contributed by atoms with Gasteiger partial charge in [0.25, 0.3) is 0 Å².